The Kier molecular flexibility index (Phi) is 4.30. The fraction of sp³-hybridized carbons (Fsp3) is 0. The first kappa shape index (κ1) is 15.1. The molecule has 0 aliphatic heterocycles. The quantitative estimate of drug-likeness (QED) is 0.510. The van der Waals surface area contributed by atoms with Gasteiger partial charge in [-0.25, -0.2) is 0 Å². The molecule has 0 heterocycles. The highest BCUT2D eigenvalue weighted by Gasteiger charge is 2.14. The maximum absolute atomic E-state index is 12.1. The fourth-order valence-corrected chi connectivity index (χ4v) is 1.93. The third-order valence-corrected chi connectivity index (χ3v) is 3.33. The van der Waals surface area contributed by atoms with E-state index >= 15 is 0 Å². The zero-order valence-corrected chi connectivity index (χ0v) is 12.0. The largest absolute Gasteiger partial charge is 0.398 e. The molecule has 0 spiro atoms. The number of hydrogen-bond donors (Lipinski definition) is 2. The van der Waals surface area contributed by atoms with Gasteiger partial charge in [0.05, 0.1) is 26.3 Å². The molecule has 0 radical (unpaired) electrons. The number of benzene rings is 2. The predicted molar refractivity (Wildman–Crippen MR) is 81.9 cm³/mol. The van der Waals surface area contributed by atoms with Crippen molar-refractivity contribution in [1.82, 2.24) is 0 Å². The third kappa shape index (κ3) is 3.42. The lowest BCUT2D eigenvalue weighted by Crippen LogP contribution is -2.12. The lowest BCUT2D eigenvalue weighted by molar-refractivity contribution is -0.384. The molecule has 0 fully saturated rings. The molecule has 8 heteroatoms. The number of halogens is 2. The van der Waals surface area contributed by atoms with Gasteiger partial charge in [0.2, 0.25) is 0 Å². The Labute approximate surface area is 129 Å². The van der Waals surface area contributed by atoms with Crippen LogP contribution < -0.4 is 11.1 Å². The second kappa shape index (κ2) is 5.99. The van der Waals surface area contributed by atoms with E-state index in [0.29, 0.717) is 5.69 Å². The molecule has 0 unspecified atom stereocenters. The number of nitrogens with one attached hydrogen (secondary N) is 1. The van der Waals surface area contributed by atoms with Crippen molar-refractivity contribution in [2.45, 2.75) is 0 Å². The molecule has 2 aromatic carbocycles. The summed E-state index contributed by atoms with van der Waals surface area (Å²) in [6, 6.07) is 8.15. The Balaban J connectivity index is 2.28. The van der Waals surface area contributed by atoms with Crippen LogP contribution in [0.1, 0.15) is 10.4 Å². The molecule has 0 aliphatic rings. The second-order valence-electron chi connectivity index (χ2n) is 4.11. The Morgan fingerprint density at radius 2 is 1.86 bits per heavy atom. The number of rotatable bonds is 3. The maximum atomic E-state index is 12.1. The summed E-state index contributed by atoms with van der Waals surface area (Å²) in [4.78, 5) is 22.2. The Bertz CT molecular complexity index is 735. The molecule has 0 bridgehead atoms. The van der Waals surface area contributed by atoms with E-state index in [1.807, 2.05) is 0 Å². The van der Waals surface area contributed by atoms with E-state index in [1.165, 1.54) is 36.4 Å². The summed E-state index contributed by atoms with van der Waals surface area (Å²) in [5.41, 5.74) is 6.14. The normalized spacial score (nSPS) is 10.2. The van der Waals surface area contributed by atoms with Crippen molar-refractivity contribution in [3.63, 3.8) is 0 Å². The summed E-state index contributed by atoms with van der Waals surface area (Å²) in [5.74, 6) is -0.501. The van der Waals surface area contributed by atoms with Gasteiger partial charge in [0.25, 0.3) is 11.6 Å². The van der Waals surface area contributed by atoms with Crippen LogP contribution in [0.2, 0.25) is 10.0 Å². The van der Waals surface area contributed by atoms with Gasteiger partial charge in [-0.05, 0) is 24.3 Å². The number of anilines is 2. The molecule has 2 aromatic rings. The number of nitrogen functional groups attached to an aromatic ring is 1. The van der Waals surface area contributed by atoms with Crippen molar-refractivity contribution in [3.05, 3.63) is 62.1 Å². The third-order valence-electron chi connectivity index (χ3n) is 2.67. The summed E-state index contributed by atoms with van der Waals surface area (Å²) >= 11 is 11.7. The topological polar surface area (TPSA) is 98.3 Å². The van der Waals surface area contributed by atoms with Gasteiger partial charge < -0.3 is 11.1 Å². The molecule has 6 nitrogen and oxygen atoms in total. The first-order valence-electron chi connectivity index (χ1n) is 5.69. The van der Waals surface area contributed by atoms with Crippen LogP contribution in [0.15, 0.2) is 36.4 Å². The summed E-state index contributed by atoms with van der Waals surface area (Å²) < 4.78 is 0. The zero-order valence-electron chi connectivity index (χ0n) is 10.5. The number of nitrogens with two attached hydrogens (primary N) is 1. The SMILES string of the molecule is Nc1ccc(C(=O)Nc2cc([N+](=O)[O-])ccc2Cl)cc1Cl. The maximum Gasteiger partial charge on any atom is 0.271 e. The van der Waals surface area contributed by atoms with E-state index in [0.717, 1.165) is 0 Å². The van der Waals surface area contributed by atoms with E-state index in [1.54, 1.807) is 0 Å². The van der Waals surface area contributed by atoms with E-state index in [4.69, 9.17) is 28.9 Å². The van der Waals surface area contributed by atoms with Gasteiger partial charge in [-0.2, -0.15) is 0 Å². The van der Waals surface area contributed by atoms with Crippen LogP contribution in [0.25, 0.3) is 0 Å². The van der Waals surface area contributed by atoms with Crippen molar-refractivity contribution in [2.24, 2.45) is 0 Å². The molecule has 0 aromatic heterocycles. The monoisotopic (exact) mass is 325 g/mol. The number of nitro benzene ring substituents is 1. The second-order valence-corrected chi connectivity index (χ2v) is 4.93. The van der Waals surface area contributed by atoms with E-state index in [2.05, 4.69) is 5.32 Å². The molecule has 108 valence electrons. The smallest absolute Gasteiger partial charge is 0.271 e. The lowest BCUT2D eigenvalue weighted by atomic mass is 10.2. The predicted octanol–water partition coefficient (Wildman–Crippen LogP) is 3.74. The average Bonchev–Trinajstić information content (AvgIpc) is 2.43. The standard InChI is InChI=1S/C13H9Cl2N3O3/c14-9-3-2-8(18(20)21)6-12(9)17-13(19)7-1-4-11(16)10(15)5-7/h1-6H,16H2,(H,17,19). The van der Waals surface area contributed by atoms with Crippen molar-refractivity contribution < 1.29 is 9.72 Å². The van der Waals surface area contributed by atoms with Gasteiger partial charge in [0, 0.05) is 17.7 Å². The molecule has 3 N–H and O–H groups in total. The highest BCUT2D eigenvalue weighted by atomic mass is 35.5. The minimum atomic E-state index is -0.577. The molecule has 0 saturated carbocycles. The molecule has 2 rings (SSSR count). The number of carbonyl (C=O) groups is 1. The number of hydrogen-bond acceptors (Lipinski definition) is 4. The number of nitro groups is 1. The van der Waals surface area contributed by atoms with E-state index in [9.17, 15) is 14.9 Å². The molecule has 21 heavy (non-hydrogen) atoms. The molecule has 0 saturated heterocycles. The minimum Gasteiger partial charge on any atom is -0.398 e. The van der Waals surface area contributed by atoms with Gasteiger partial charge in [-0.1, -0.05) is 23.2 Å². The van der Waals surface area contributed by atoms with Crippen LogP contribution in [0.4, 0.5) is 17.1 Å². The Morgan fingerprint density at radius 1 is 1.14 bits per heavy atom. The molecule has 1 amide bonds. The van der Waals surface area contributed by atoms with Gasteiger partial charge in [0.1, 0.15) is 0 Å². The van der Waals surface area contributed by atoms with Gasteiger partial charge in [-0.3, -0.25) is 14.9 Å². The zero-order chi connectivity index (χ0) is 15.6. The van der Waals surface area contributed by atoms with Crippen LogP contribution in [0.3, 0.4) is 0 Å². The molecule has 0 atom stereocenters. The molecular weight excluding hydrogens is 317 g/mol. The summed E-state index contributed by atoms with van der Waals surface area (Å²) in [6.07, 6.45) is 0. The van der Waals surface area contributed by atoms with E-state index in [-0.39, 0.29) is 27.0 Å². The summed E-state index contributed by atoms with van der Waals surface area (Å²) in [6.45, 7) is 0. The first-order valence-corrected chi connectivity index (χ1v) is 6.44. The van der Waals surface area contributed by atoms with Crippen LogP contribution in [0.5, 0.6) is 0 Å². The lowest BCUT2D eigenvalue weighted by Gasteiger charge is -2.08. The first-order chi connectivity index (χ1) is 9.88. The molecule has 0 aliphatic carbocycles. The average molecular weight is 326 g/mol. The van der Waals surface area contributed by atoms with Gasteiger partial charge >= 0.3 is 0 Å². The number of carbonyl (C=O) groups excluding carboxylic acids is 1. The Hall–Kier alpha value is -2.31. The van der Waals surface area contributed by atoms with Gasteiger partial charge in [-0.15, -0.1) is 0 Å². The molecular formula is C13H9Cl2N3O3. The van der Waals surface area contributed by atoms with E-state index < -0.39 is 10.8 Å². The summed E-state index contributed by atoms with van der Waals surface area (Å²) in [5, 5.41) is 13.6. The fourth-order valence-electron chi connectivity index (χ4n) is 1.59. The van der Waals surface area contributed by atoms with Crippen molar-refractivity contribution in [2.75, 3.05) is 11.1 Å². The highest BCUT2D eigenvalue weighted by Crippen LogP contribution is 2.27. The van der Waals surface area contributed by atoms with Crippen molar-refractivity contribution >= 4 is 46.2 Å². The van der Waals surface area contributed by atoms with Crippen molar-refractivity contribution in [3.8, 4) is 0 Å². The Morgan fingerprint density at radius 3 is 2.48 bits per heavy atom. The van der Waals surface area contributed by atoms with Crippen LogP contribution in [-0.2, 0) is 0 Å². The number of amides is 1. The number of non-ortho nitro benzene ring substituents is 1. The van der Waals surface area contributed by atoms with Crippen LogP contribution in [-0.4, -0.2) is 10.8 Å². The van der Waals surface area contributed by atoms with Crippen molar-refractivity contribution in [1.29, 1.82) is 0 Å². The van der Waals surface area contributed by atoms with Crippen LogP contribution in [0, 0.1) is 10.1 Å². The van der Waals surface area contributed by atoms with Crippen LogP contribution >= 0.6 is 23.2 Å². The summed E-state index contributed by atoms with van der Waals surface area (Å²) in [7, 11) is 0. The highest BCUT2D eigenvalue weighted by molar-refractivity contribution is 6.34. The minimum absolute atomic E-state index is 0.142. The van der Waals surface area contributed by atoms with Gasteiger partial charge in [0.15, 0.2) is 0 Å². The number of nitrogens with zero attached hydrogens (tertiary/aromatic N) is 1.